The Morgan fingerprint density at radius 3 is 2.61 bits per heavy atom. The van der Waals surface area contributed by atoms with Gasteiger partial charge in [0.25, 0.3) is 0 Å². The summed E-state index contributed by atoms with van der Waals surface area (Å²) in [6.45, 7) is 3.37. The van der Waals surface area contributed by atoms with E-state index in [2.05, 4.69) is 45.3 Å². The van der Waals surface area contributed by atoms with E-state index in [4.69, 9.17) is 9.47 Å². The highest BCUT2D eigenvalue weighted by Gasteiger charge is 2.23. The van der Waals surface area contributed by atoms with Gasteiger partial charge in [-0.1, -0.05) is 18.2 Å². The maximum Gasteiger partial charge on any atom is 0.118 e. The van der Waals surface area contributed by atoms with Crippen LogP contribution in [0, 0.1) is 0 Å². The van der Waals surface area contributed by atoms with Crippen LogP contribution >= 0.6 is 0 Å². The third-order valence-corrected chi connectivity index (χ3v) is 5.20. The van der Waals surface area contributed by atoms with Crippen molar-refractivity contribution < 1.29 is 9.47 Å². The van der Waals surface area contributed by atoms with E-state index in [-0.39, 0.29) is 6.10 Å². The fourth-order valence-corrected chi connectivity index (χ4v) is 3.52. The summed E-state index contributed by atoms with van der Waals surface area (Å²) in [5.41, 5.74) is 4.64. The van der Waals surface area contributed by atoms with Gasteiger partial charge in [0.05, 0.1) is 25.1 Å². The molecule has 1 atom stereocenters. The molecule has 1 aromatic carbocycles. The predicted octanol–water partition coefficient (Wildman–Crippen LogP) is 2.99. The molecule has 0 N–H and O–H groups in total. The Morgan fingerprint density at radius 1 is 1.11 bits per heavy atom. The van der Waals surface area contributed by atoms with Crippen LogP contribution in [-0.2, 0) is 24.8 Å². The van der Waals surface area contributed by atoms with Crippen molar-refractivity contribution in [2.24, 2.45) is 7.05 Å². The molecule has 0 saturated carbocycles. The van der Waals surface area contributed by atoms with Crippen molar-refractivity contribution in [1.82, 2.24) is 19.7 Å². The van der Waals surface area contributed by atoms with E-state index in [0.29, 0.717) is 0 Å². The zero-order valence-electron chi connectivity index (χ0n) is 16.4. The highest BCUT2D eigenvalue weighted by molar-refractivity contribution is 5.31. The van der Waals surface area contributed by atoms with Gasteiger partial charge in [-0.3, -0.25) is 14.6 Å². The molecule has 0 radical (unpaired) electrons. The summed E-state index contributed by atoms with van der Waals surface area (Å²) >= 11 is 0. The zero-order valence-corrected chi connectivity index (χ0v) is 16.4. The average molecular weight is 378 g/mol. The number of pyridine rings is 1. The van der Waals surface area contributed by atoms with E-state index in [1.54, 1.807) is 7.11 Å². The number of aryl methyl sites for hydroxylation is 1. The minimum atomic E-state index is 0.0111. The predicted molar refractivity (Wildman–Crippen MR) is 107 cm³/mol. The quantitative estimate of drug-likeness (QED) is 0.660. The molecular weight excluding hydrogens is 352 g/mol. The molecule has 0 spiro atoms. The van der Waals surface area contributed by atoms with E-state index in [1.165, 1.54) is 16.8 Å². The van der Waals surface area contributed by atoms with Crippen molar-refractivity contribution >= 4 is 0 Å². The minimum absolute atomic E-state index is 0.0111. The Labute approximate surface area is 165 Å². The lowest BCUT2D eigenvalue weighted by molar-refractivity contribution is -0.0356. The Balaban J connectivity index is 1.38. The van der Waals surface area contributed by atoms with Gasteiger partial charge in [0.2, 0.25) is 0 Å². The van der Waals surface area contributed by atoms with Crippen LogP contribution in [0.1, 0.15) is 28.6 Å². The summed E-state index contributed by atoms with van der Waals surface area (Å²) in [6, 6.07) is 14.5. The summed E-state index contributed by atoms with van der Waals surface area (Å²) in [7, 11) is 3.67. The van der Waals surface area contributed by atoms with E-state index in [9.17, 15) is 0 Å². The first-order valence-corrected chi connectivity index (χ1v) is 9.60. The van der Waals surface area contributed by atoms with Crippen molar-refractivity contribution in [2.75, 3.05) is 26.8 Å². The Bertz CT molecular complexity index is 890. The Hall–Kier alpha value is -2.70. The fraction of sp³-hybridized carbons (Fsp3) is 0.364. The monoisotopic (exact) mass is 378 g/mol. The molecular formula is C22H26N4O2. The maximum atomic E-state index is 5.99. The lowest BCUT2D eigenvalue weighted by atomic mass is 10.1. The molecule has 6 heteroatoms. The molecule has 1 fully saturated rings. The van der Waals surface area contributed by atoms with Gasteiger partial charge in [0.1, 0.15) is 11.9 Å². The standard InChI is InChI=1S/C22H26N4O2/c1-25-19(9-10-24-25)15-26-11-12-28-22(16-26)21-8-5-18(14-23-21)13-17-3-6-20(27-2)7-4-17/h3-10,14,22H,11-13,15-16H2,1-2H3. The van der Waals surface area contributed by atoms with Crippen LogP contribution in [0.5, 0.6) is 5.75 Å². The Morgan fingerprint density at radius 2 is 1.93 bits per heavy atom. The van der Waals surface area contributed by atoms with E-state index >= 15 is 0 Å². The first kappa shape index (κ1) is 18.7. The number of methoxy groups -OCH3 is 1. The van der Waals surface area contributed by atoms with Gasteiger partial charge < -0.3 is 9.47 Å². The van der Waals surface area contributed by atoms with Crippen molar-refractivity contribution in [2.45, 2.75) is 19.1 Å². The largest absolute Gasteiger partial charge is 0.497 e. The molecule has 1 unspecified atom stereocenters. The van der Waals surface area contributed by atoms with Crippen molar-refractivity contribution in [3.05, 3.63) is 77.4 Å². The van der Waals surface area contributed by atoms with Gasteiger partial charge in [-0.05, 0) is 41.8 Å². The lowest BCUT2D eigenvalue weighted by Crippen LogP contribution is -2.38. The van der Waals surface area contributed by atoms with E-state index in [0.717, 1.165) is 44.1 Å². The van der Waals surface area contributed by atoms with Crippen LogP contribution in [0.4, 0.5) is 0 Å². The number of nitrogens with zero attached hydrogens (tertiary/aromatic N) is 4. The fourth-order valence-electron chi connectivity index (χ4n) is 3.52. The van der Waals surface area contributed by atoms with Crippen molar-refractivity contribution in [3.63, 3.8) is 0 Å². The number of hydrogen-bond donors (Lipinski definition) is 0. The molecule has 0 bridgehead atoms. The van der Waals surface area contributed by atoms with Gasteiger partial charge in [0, 0.05) is 39.1 Å². The van der Waals surface area contributed by atoms with Gasteiger partial charge in [0.15, 0.2) is 0 Å². The molecule has 0 aliphatic carbocycles. The van der Waals surface area contributed by atoms with Crippen molar-refractivity contribution in [3.8, 4) is 5.75 Å². The van der Waals surface area contributed by atoms with E-state index < -0.39 is 0 Å². The topological polar surface area (TPSA) is 52.4 Å². The molecule has 4 rings (SSSR count). The molecule has 28 heavy (non-hydrogen) atoms. The van der Waals surface area contributed by atoms with Gasteiger partial charge in [-0.2, -0.15) is 5.10 Å². The molecule has 146 valence electrons. The average Bonchev–Trinajstić information content (AvgIpc) is 3.14. The highest BCUT2D eigenvalue weighted by Crippen LogP contribution is 2.22. The normalized spacial score (nSPS) is 17.6. The summed E-state index contributed by atoms with van der Waals surface area (Å²) < 4.78 is 13.1. The molecule has 3 aromatic rings. The third kappa shape index (κ3) is 4.40. The molecule has 3 heterocycles. The van der Waals surface area contributed by atoms with Crippen molar-refractivity contribution in [1.29, 1.82) is 0 Å². The van der Waals surface area contributed by atoms with Gasteiger partial charge in [-0.15, -0.1) is 0 Å². The molecule has 1 aliphatic heterocycles. The summed E-state index contributed by atoms with van der Waals surface area (Å²) in [6.07, 6.45) is 4.67. The zero-order chi connectivity index (χ0) is 19.3. The second-order valence-electron chi connectivity index (χ2n) is 7.16. The molecule has 1 aliphatic rings. The SMILES string of the molecule is COc1ccc(Cc2ccc(C3CN(Cc4ccnn4C)CCO3)nc2)cc1. The third-order valence-electron chi connectivity index (χ3n) is 5.20. The van der Waals surface area contributed by atoms with Crippen LogP contribution < -0.4 is 4.74 Å². The van der Waals surface area contributed by atoms with Crippen LogP contribution in [0.25, 0.3) is 0 Å². The summed E-state index contributed by atoms with van der Waals surface area (Å²) in [4.78, 5) is 7.09. The molecule has 0 amide bonds. The second-order valence-corrected chi connectivity index (χ2v) is 7.16. The second kappa shape index (κ2) is 8.54. The van der Waals surface area contributed by atoms with Crippen LogP contribution in [0.3, 0.4) is 0 Å². The summed E-state index contributed by atoms with van der Waals surface area (Å²) in [5, 5.41) is 4.25. The lowest BCUT2D eigenvalue weighted by Gasteiger charge is -2.32. The Kier molecular flexibility index (Phi) is 5.69. The molecule has 6 nitrogen and oxygen atoms in total. The van der Waals surface area contributed by atoms with Crippen LogP contribution in [0.15, 0.2) is 54.9 Å². The molecule has 1 saturated heterocycles. The number of hydrogen-bond acceptors (Lipinski definition) is 5. The highest BCUT2D eigenvalue weighted by atomic mass is 16.5. The van der Waals surface area contributed by atoms with Crippen LogP contribution in [0.2, 0.25) is 0 Å². The number of rotatable bonds is 6. The number of ether oxygens (including phenoxy) is 2. The molecule has 2 aromatic heterocycles. The first-order chi connectivity index (χ1) is 13.7. The van der Waals surface area contributed by atoms with Gasteiger partial charge >= 0.3 is 0 Å². The number of benzene rings is 1. The minimum Gasteiger partial charge on any atom is -0.497 e. The number of morpholine rings is 1. The summed E-state index contributed by atoms with van der Waals surface area (Å²) in [5.74, 6) is 0.877. The maximum absolute atomic E-state index is 5.99. The number of aromatic nitrogens is 3. The van der Waals surface area contributed by atoms with Gasteiger partial charge in [-0.25, -0.2) is 0 Å². The van der Waals surface area contributed by atoms with Crippen LogP contribution in [-0.4, -0.2) is 46.5 Å². The smallest absolute Gasteiger partial charge is 0.118 e. The first-order valence-electron chi connectivity index (χ1n) is 9.60. The van der Waals surface area contributed by atoms with E-state index in [1.807, 2.05) is 36.3 Å².